The molecule has 1 N–H and O–H groups in total. The van der Waals surface area contributed by atoms with E-state index in [1.165, 1.54) is 0 Å². The predicted molar refractivity (Wildman–Crippen MR) is 46.5 cm³/mol. The van der Waals surface area contributed by atoms with Crippen molar-refractivity contribution < 1.29 is 0 Å². The summed E-state index contributed by atoms with van der Waals surface area (Å²) in [5, 5.41) is 1.52. The monoisotopic (exact) mass is 162 g/mol. The number of aromatic amines is 1. The van der Waals surface area contributed by atoms with Crippen molar-refractivity contribution in [3.8, 4) is 0 Å². The second-order valence-electron chi connectivity index (χ2n) is 2.29. The largest absolute Gasteiger partial charge is 0.360 e. The van der Waals surface area contributed by atoms with E-state index in [1.54, 1.807) is 18.6 Å². The Morgan fingerprint density at radius 2 is 2.27 bits per heavy atom. The summed E-state index contributed by atoms with van der Waals surface area (Å²) in [6.45, 7) is 0. The molecule has 2 nitrogen and oxygen atoms in total. The average Bonchev–Trinajstić information content (AvgIpc) is 2.35. The maximum absolute atomic E-state index is 5.82. The van der Waals surface area contributed by atoms with Crippen molar-refractivity contribution in [1.82, 2.24) is 9.97 Å². The SMILES string of the molecule is [B]c1cncc2c(Cl)c[nH]c12. The van der Waals surface area contributed by atoms with Gasteiger partial charge in [-0.2, -0.15) is 0 Å². The fourth-order valence-corrected chi connectivity index (χ4v) is 1.23. The zero-order chi connectivity index (χ0) is 7.84. The van der Waals surface area contributed by atoms with Gasteiger partial charge in [-0.05, 0) is 0 Å². The van der Waals surface area contributed by atoms with Crippen LogP contribution >= 0.6 is 11.6 Å². The Bertz CT molecular complexity index is 396. The first kappa shape index (κ1) is 6.74. The number of pyridine rings is 1. The zero-order valence-electron chi connectivity index (χ0n) is 5.63. The molecule has 0 aliphatic heterocycles. The zero-order valence-corrected chi connectivity index (χ0v) is 6.39. The standard InChI is InChI=1S/C7H4BClN2/c8-5-2-10-1-4-6(9)3-11-7(4)5/h1-3,11H. The predicted octanol–water partition coefficient (Wildman–Crippen LogP) is 1.01. The maximum Gasteiger partial charge on any atom is 0.118 e. The molecule has 52 valence electrons. The third-order valence-corrected chi connectivity index (χ3v) is 1.89. The lowest BCUT2D eigenvalue weighted by molar-refractivity contribution is 1.38. The van der Waals surface area contributed by atoms with Crippen molar-refractivity contribution >= 4 is 35.8 Å². The van der Waals surface area contributed by atoms with Gasteiger partial charge >= 0.3 is 0 Å². The second-order valence-corrected chi connectivity index (χ2v) is 2.70. The number of halogens is 1. The van der Waals surface area contributed by atoms with Gasteiger partial charge in [-0.3, -0.25) is 4.98 Å². The Morgan fingerprint density at radius 1 is 1.45 bits per heavy atom. The van der Waals surface area contributed by atoms with Crippen LogP contribution in [0.3, 0.4) is 0 Å². The van der Waals surface area contributed by atoms with E-state index >= 15 is 0 Å². The van der Waals surface area contributed by atoms with Gasteiger partial charge in [-0.1, -0.05) is 17.1 Å². The van der Waals surface area contributed by atoms with Gasteiger partial charge in [-0.15, -0.1) is 0 Å². The highest BCUT2D eigenvalue weighted by Crippen LogP contribution is 2.19. The molecule has 0 aliphatic rings. The molecule has 2 heterocycles. The first-order chi connectivity index (χ1) is 5.29. The summed E-state index contributed by atoms with van der Waals surface area (Å²) < 4.78 is 0. The number of fused-ring (bicyclic) bond motifs is 1. The Labute approximate surface area is 70.0 Å². The molecule has 0 amide bonds. The van der Waals surface area contributed by atoms with Crippen LogP contribution in [0.25, 0.3) is 10.9 Å². The van der Waals surface area contributed by atoms with E-state index in [2.05, 4.69) is 9.97 Å². The summed E-state index contributed by atoms with van der Waals surface area (Å²) in [5.41, 5.74) is 1.47. The van der Waals surface area contributed by atoms with Gasteiger partial charge in [0.2, 0.25) is 0 Å². The summed E-state index contributed by atoms with van der Waals surface area (Å²) in [7, 11) is 5.62. The lowest BCUT2D eigenvalue weighted by atomic mass is 9.97. The van der Waals surface area contributed by atoms with Gasteiger partial charge < -0.3 is 4.98 Å². The molecule has 4 heteroatoms. The van der Waals surface area contributed by atoms with E-state index in [1.807, 2.05) is 0 Å². The summed E-state index contributed by atoms with van der Waals surface area (Å²) in [5.74, 6) is 0. The van der Waals surface area contributed by atoms with E-state index in [4.69, 9.17) is 19.4 Å². The van der Waals surface area contributed by atoms with E-state index in [0.717, 1.165) is 10.9 Å². The van der Waals surface area contributed by atoms with Crippen LogP contribution in [0.5, 0.6) is 0 Å². The van der Waals surface area contributed by atoms with Gasteiger partial charge in [0.05, 0.1) is 5.02 Å². The molecule has 2 radical (unpaired) electrons. The van der Waals surface area contributed by atoms with Gasteiger partial charge in [0, 0.05) is 29.5 Å². The summed E-state index contributed by atoms with van der Waals surface area (Å²) >= 11 is 5.82. The van der Waals surface area contributed by atoms with Crippen LogP contribution in [-0.2, 0) is 0 Å². The molecule has 0 fully saturated rings. The molecule has 0 spiro atoms. The minimum Gasteiger partial charge on any atom is -0.360 e. The molecule has 11 heavy (non-hydrogen) atoms. The average molecular weight is 162 g/mol. The Morgan fingerprint density at radius 3 is 3.00 bits per heavy atom. The maximum atomic E-state index is 5.82. The molecule has 2 rings (SSSR count). The first-order valence-electron chi connectivity index (χ1n) is 3.15. The molecule has 0 aliphatic carbocycles. The minimum absolute atomic E-state index is 0.620. The van der Waals surface area contributed by atoms with Crippen molar-refractivity contribution in [3.63, 3.8) is 0 Å². The summed E-state index contributed by atoms with van der Waals surface area (Å²) in [4.78, 5) is 6.88. The molecule has 0 unspecified atom stereocenters. The van der Waals surface area contributed by atoms with Gasteiger partial charge in [0.15, 0.2) is 0 Å². The third kappa shape index (κ3) is 0.924. The Kier molecular flexibility index (Phi) is 1.39. The summed E-state index contributed by atoms with van der Waals surface area (Å²) in [6.07, 6.45) is 4.98. The van der Waals surface area contributed by atoms with E-state index in [9.17, 15) is 0 Å². The highest BCUT2D eigenvalue weighted by atomic mass is 35.5. The van der Waals surface area contributed by atoms with Crippen molar-refractivity contribution in [1.29, 1.82) is 0 Å². The van der Waals surface area contributed by atoms with Crippen LogP contribution in [-0.4, -0.2) is 17.8 Å². The molecule has 2 aromatic heterocycles. The quantitative estimate of drug-likeness (QED) is 0.576. The van der Waals surface area contributed by atoms with Crippen LogP contribution < -0.4 is 5.46 Å². The van der Waals surface area contributed by atoms with Crippen LogP contribution in [0, 0.1) is 0 Å². The van der Waals surface area contributed by atoms with E-state index in [0.29, 0.717) is 10.5 Å². The molecule has 0 bridgehead atoms. The minimum atomic E-state index is 0.620. The second kappa shape index (κ2) is 2.27. The van der Waals surface area contributed by atoms with Crippen molar-refractivity contribution in [2.45, 2.75) is 0 Å². The van der Waals surface area contributed by atoms with Crippen LogP contribution in [0.1, 0.15) is 0 Å². The topological polar surface area (TPSA) is 28.7 Å². The fraction of sp³-hybridized carbons (Fsp3) is 0. The van der Waals surface area contributed by atoms with Crippen LogP contribution in [0.2, 0.25) is 5.02 Å². The number of aromatic nitrogens is 2. The summed E-state index contributed by atoms with van der Waals surface area (Å²) in [6, 6.07) is 0. The van der Waals surface area contributed by atoms with E-state index in [-0.39, 0.29) is 0 Å². The Hall–Kier alpha value is -0.955. The normalized spacial score (nSPS) is 10.6. The lowest BCUT2D eigenvalue weighted by Gasteiger charge is -1.93. The molecule has 0 saturated heterocycles. The number of hydrogen-bond donors (Lipinski definition) is 1. The van der Waals surface area contributed by atoms with Crippen molar-refractivity contribution in [2.24, 2.45) is 0 Å². The number of H-pyrrole nitrogens is 1. The smallest absolute Gasteiger partial charge is 0.118 e. The molecular weight excluding hydrogens is 158 g/mol. The molecule has 0 atom stereocenters. The number of nitrogens with zero attached hydrogens (tertiary/aromatic N) is 1. The lowest BCUT2D eigenvalue weighted by Crippen LogP contribution is -2.03. The first-order valence-corrected chi connectivity index (χ1v) is 3.53. The van der Waals surface area contributed by atoms with Gasteiger partial charge in [0.25, 0.3) is 0 Å². The van der Waals surface area contributed by atoms with E-state index < -0.39 is 0 Å². The van der Waals surface area contributed by atoms with Gasteiger partial charge in [0.1, 0.15) is 7.85 Å². The van der Waals surface area contributed by atoms with Crippen LogP contribution in [0.15, 0.2) is 18.6 Å². The van der Waals surface area contributed by atoms with Crippen molar-refractivity contribution in [2.75, 3.05) is 0 Å². The fourth-order valence-electron chi connectivity index (χ4n) is 1.03. The highest BCUT2D eigenvalue weighted by Gasteiger charge is 2.01. The molecular formula is C7H4BClN2. The highest BCUT2D eigenvalue weighted by molar-refractivity contribution is 6.41. The number of nitrogens with one attached hydrogen (secondary N) is 1. The van der Waals surface area contributed by atoms with Crippen LogP contribution in [0.4, 0.5) is 0 Å². The number of hydrogen-bond acceptors (Lipinski definition) is 1. The molecule has 2 aromatic rings. The molecule has 0 saturated carbocycles. The number of rotatable bonds is 0. The van der Waals surface area contributed by atoms with Crippen molar-refractivity contribution in [3.05, 3.63) is 23.6 Å². The molecule has 0 aromatic carbocycles. The third-order valence-electron chi connectivity index (χ3n) is 1.58. The van der Waals surface area contributed by atoms with Gasteiger partial charge in [-0.25, -0.2) is 0 Å². The Balaban J connectivity index is 2.94.